The molecule has 0 spiro atoms. The lowest BCUT2D eigenvalue weighted by atomic mass is 9.63. The molecule has 1 saturated heterocycles. The molecule has 4 aliphatic carbocycles. The lowest BCUT2D eigenvalue weighted by Gasteiger charge is -2.37. The summed E-state index contributed by atoms with van der Waals surface area (Å²) in [6, 6.07) is 13.5. The van der Waals surface area contributed by atoms with Gasteiger partial charge in [0.05, 0.1) is 17.5 Å². The minimum Gasteiger partial charge on any atom is -0.485 e. The highest BCUT2D eigenvalue weighted by atomic mass is 35.5. The molecule has 156 valence electrons. The van der Waals surface area contributed by atoms with E-state index in [9.17, 15) is 14.4 Å². The molecule has 2 aromatic carbocycles. The zero-order chi connectivity index (χ0) is 21.3. The average Bonchev–Trinajstić information content (AvgIpc) is 3.56. The molecule has 2 unspecified atom stereocenters. The van der Waals surface area contributed by atoms with Crippen LogP contribution in [0.1, 0.15) is 16.8 Å². The van der Waals surface area contributed by atoms with Gasteiger partial charge in [-0.3, -0.25) is 19.3 Å². The molecule has 0 aromatic heterocycles. The minimum atomic E-state index is -0.209. The third-order valence-electron chi connectivity index (χ3n) is 7.29. The lowest BCUT2D eigenvalue weighted by Crippen LogP contribution is -2.40. The molecule has 0 N–H and O–H groups in total. The Balaban J connectivity index is 1.16. The second kappa shape index (κ2) is 6.79. The molecule has 6 atom stereocenters. The first-order valence-corrected chi connectivity index (χ1v) is 11.0. The summed E-state index contributed by atoms with van der Waals surface area (Å²) in [6.07, 6.45) is 5.49. The summed E-state index contributed by atoms with van der Waals surface area (Å²) in [6.45, 7) is -0.107. The third-order valence-corrected chi connectivity index (χ3v) is 7.55. The standard InChI is InChI=1S/C25H20ClNO4/c26-14-3-1-13(2-4-14)21(28)12-31-16-7-5-15(6-8-16)27-24(29)22-17-9-10-18(20-11-19(17)20)23(22)25(27)30/h1-10,17-20,22-23H,11-12H2/t17-,18+,19?,20?,22-,23+. The largest absolute Gasteiger partial charge is 0.485 e. The highest BCUT2D eigenvalue weighted by Crippen LogP contribution is 2.65. The summed E-state index contributed by atoms with van der Waals surface area (Å²) in [4.78, 5) is 40.0. The van der Waals surface area contributed by atoms with E-state index in [2.05, 4.69) is 12.2 Å². The van der Waals surface area contributed by atoms with Crippen LogP contribution in [0.3, 0.4) is 0 Å². The number of allylic oxidation sites excluding steroid dienone is 2. The van der Waals surface area contributed by atoms with E-state index in [1.807, 2.05) is 0 Å². The van der Waals surface area contributed by atoms with Gasteiger partial charge in [-0.05, 0) is 78.6 Å². The minimum absolute atomic E-state index is 0.0775. The Labute approximate surface area is 184 Å². The van der Waals surface area contributed by atoms with E-state index in [4.69, 9.17) is 16.3 Å². The van der Waals surface area contributed by atoms with Crippen LogP contribution in [0.2, 0.25) is 5.02 Å². The number of nitrogens with zero attached hydrogens (tertiary/aromatic N) is 1. The lowest BCUT2D eigenvalue weighted by molar-refractivity contribution is -0.124. The normalized spacial score (nSPS) is 32.1. The van der Waals surface area contributed by atoms with Crippen molar-refractivity contribution in [1.82, 2.24) is 0 Å². The molecule has 31 heavy (non-hydrogen) atoms. The van der Waals surface area contributed by atoms with E-state index in [1.54, 1.807) is 48.5 Å². The molecule has 2 saturated carbocycles. The highest BCUT2D eigenvalue weighted by Gasteiger charge is 2.67. The van der Waals surface area contributed by atoms with Crippen LogP contribution in [0, 0.1) is 35.5 Å². The molecule has 2 aromatic rings. The van der Waals surface area contributed by atoms with Gasteiger partial charge in [-0.1, -0.05) is 23.8 Å². The zero-order valence-corrected chi connectivity index (χ0v) is 17.4. The zero-order valence-electron chi connectivity index (χ0n) is 16.6. The maximum atomic E-state index is 13.2. The Kier molecular flexibility index (Phi) is 4.12. The fourth-order valence-corrected chi connectivity index (χ4v) is 5.90. The van der Waals surface area contributed by atoms with Gasteiger partial charge >= 0.3 is 0 Å². The van der Waals surface area contributed by atoms with Crippen LogP contribution in [-0.2, 0) is 9.59 Å². The number of ketones is 1. The van der Waals surface area contributed by atoms with Gasteiger partial charge in [0.1, 0.15) is 5.75 Å². The number of ether oxygens (including phenoxy) is 1. The quantitative estimate of drug-likeness (QED) is 0.403. The maximum Gasteiger partial charge on any atom is 0.238 e. The second-order valence-corrected chi connectivity index (χ2v) is 9.32. The Morgan fingerprint density at radius 3 is 2.06 bits per heavy atom. The van der Waals surface area contributed by atoms with E-state index in [-0.39, 0.29) is 47.9 Å². The molecule has 3 fully saturated rings. The summed E-state index contributed by atoms with van der Waals surface area (Å²) >= 11 is 5.85. The van der Waals surface area contributed by atoms with Crippen molar-refractivity contribution in [3.05, 3.63) is 71.3 Å². The molecule has 7 rings (SSSR count). The van der Waals surface area contributed by atoms with Crippen LogP contribution in [0.5, 0.6) is 5.75 Å². The van der Waals surface area contributed by atoms with Gasteiger partial charge in [0.25, 0.3) is 0 Å². The van der Waals surface area contributed by atoms with Crippen molar-refractivity contribution < 1.29 is 19.1 Å². The second-order valence-electron chi connectivity index (χ2n) is 8.88. The topological polar surface area (TPSA) is 63.7 Å². The van der Waals surface area contributed by atoms with Crippen molar-refractivity contribution in [1.29, 1.82) is 0 Å². The average molecular weight is 434 g/mol. The molecule has 5 nitrogen and oxygen atoms in total. The first-order chi connectivity index (χ1) is 15.0. The van der Waals surface area contributed by atoms with Crippen LogP contribution in [0.25, 0.3) is 0 Å². The predicted octanol–water partition coefficient (Wildman–Crippen LogP) is 4.16. The van der Waals surface area contributed by atoms with E-state index in [0.717, 1.165) is 6.42 Å². The van der Waals surface area contributed by atoms with Crippen molar-refractivity contribution in [3.8, 4) is 5.75 Å². The Hall–Kier alpha value is -2.92. The van der Waals surface area contributed by atoms with E-state index >= 15 is 0 Å². The molecule has 1 heterocycles. The van der Waals surface area contributed by atoms with E-state index < -0.39 is 0 Å². The number of benzene rings is 2. The first kappa shape index (κ1) is 18.8. The van der Waals surface area contributed by atoms with Gasteiger partial charge in [-0.15, -0.1) is 0 Å². The van der Waals surface area contributed by atoms with Crippen LogP contribution in [0.4, 0.5) is 5.69 Å². The Morgan fingerprint density at radius 2 is 1.48 bits per heavy atom. The van der Waals surface area contributed by atoms with Gasteiger partial charge < -0.3 is 4.74 Å². The predicted molar refractivity (Wildman–Crippen MR) is 115 cm³/mol. The van der Waals surface area contributed by atoms with Gasteiger partial charge in [0.15, 0.2) is 12.4 Å². The van der Waals surface area contributed by atoms with Crippen molar-refractivity contribution in [2.75, 3.05) is 11.5 Å². The molecule has 5 aliphatic rings. The number of halogens is 1. The van der Waals surface area contributed by atoms with Crippen molar-refractivity contribution >= 4 is 34.9 Å². The fraction of sp³-hybridized carbons (Fsp3) is 0.320. The number of hydrogen-bond donors (Lipinski definition) is 0. The molecule has 6 heteroatoms. The first-order valence-electron chi connectivity index (χ1n) is 10.6. The fourth-order valence-electron chi connectivity index (χ4n) is 5.77. The molecule has 2 amide bonds. The Morgan fingerprint density at radius 1 is 0.903 bits per heavy atom. The van der Waals surface area contributed by atoms with Gasteiger partial charge in [0.2, 0.25) is 11.8 Å². The highest BCUT2D eigenvalue weighted by molar-refractivity contribution is 6.30. The van der Waals surface area contributed by atoms with Crippen LogP contribution in [0.15, 0.2) is 60.7 Å². The smallest absolute Gasteiger partial charge is 0.238 e. The summed E-state index contributed by atoms with van der Waals surface area (Å²) in [5.41, 5.74) is 1.09. The molecule has 2 bridgehead atoms. The summed E-state index contributed by atoms with van der Waals surface area (Å²) in [5, 5.41) is 0.569. The summed E-state index contributed by atoms with van der Waals surface area (Å²) < 4.78 is 5.60. The number of Topliss-reactive ketones (excluding diaryl/α,β-unsaturated/α-hetero) is 1. The number of hydrogen-bond acceptors (Lipinski definition) is 4. The van der Waals surface area contributed by atoms with Crippen LogP contribution >= 0.6 is 11.6 Å². The number of carbonyl (C=O) groups is 3. The number of anilines is 1. The van der Waals surface area contributed by atoms with Crippen molar-refractivity contribution in [3.63, 3.8) is 0 Å². The van der Waals surface area contributed by atoms with Gasteiger partial charge in [0, 0.05) is 10.6 Å². The monoisotopic (exact) mass is 433 g/mol. The third kappa shape index (κ3) is 2.87. The molecular formula is C25H20ClNO4. The number of carbonyl (C=O) groups excluding carboxylic acids is 3. The van der Waals surface area contributed by atoms with Crippen molar-refractivity contribution in [2.24, 2.45) is 35.5 Å². The van der Waals surface area contributed by atoms with E-state index in [0.29, 0.717) is 33.9 Å². The van der Waals surface area contributed by atoms with Crippen molar-refractivity contribution in [2.45, 2.75) is 6.42 Å². The number of imide groups is 1. The molecule has 1 aliphatic heterocycles. The van der Waals surface area contributed by atoms with E-state index in [1.165, 1.54) is 4.90 Å². The van der Waals surface area contributed by atoms with Crippen LogP contribution in [-0.4, -0.2) is 24.2 Å². The van der Waals surface area contributed by atoms with Gasteiger partial charge in [-0.25, -0.2) is 0 Å². The van der Waals surface area contributed by atoms with Crippen LogP contribution < -0.4 is 9.64 Å². The summed E-state index contributed by atoms with van der Waals surface area (Å²) in [7, 11) is 0. The molecule has 0 radical (unpaired) electrons. The van der Waals surface area contributed by atoms with Gasteiger partial charge in [-0.2, -0.15) is 0 Å². The summed E-state index contributed by atoms with van der Waals surface area (Å²) in [5.74, 6) is 1.37. The Bertz CT molecular complexity index is 1090. The number of amides is 2. The SMILES string of the molecule is O=C(COc1ccc(N2C(=O)[C@@H]3[C@H](C2=O)[C@@H]2C=C[C@H]3C3CC32)cc1)c1ccc(Cl)cc1. The maximum absolute atomic E-state index is 13.2. The molecular weight excluding hydrogens is 414 g/mol. The number of rotatable bonds is 5.